The monoisotopic (exact) mass is 185 g/mol. The van der Waals surface area contributed by atoms with E-state index in [1.54, 1.807) is 11.5 Å². The van der Waals surface area contributed by atoms with Crippen molar-refractivity contribution in [1.29, 1.82) is 5.26 Å². The SMILES string of the molecule is CC(O)[n+]1ccn(C)c1.N#C[S-]. The van der Waals surface area contributed by atoms with Crippen LogP contribution < -0.4 is 4.57 Å². The van der Waals surface area contributed by atoms with Gasteiger partial charge in [0.2, 0.25) is 6.33 Å². The second-order valence-electron chi connectivity index (χ2n) is 2.25. The van der Waals surface area contributed by atoms with Crippen LogP contribution in [0.1, 0.15) is 13.2 Å². The average molecular weight is 185 g/mol. The predicted octanol–water partition coefficient (Wildman–Crippen LogP) is -0.162. The number of aliphatic hydroxyl groups is 1. The number of aliphatic hydroxyl groups excluding tert-OH is 1. The summed E-state index contributed by atoms with van der Waals surface area (Å²) in [6, 6.07) is 0. The Kier molecular flexibility index (Phi) is 5.00. The van der Waals surface area contributed by atoms with Crippen LogP contribution in [0.2, 0.25) is 0 Å². The Morgan fingerprint density at radius 2 is 2.25 bits per heavy atom. The van der Waals surface area contributed by atoms with Crippen LogP contribution in [0.25, 0.3) is 0 Å². The quantitative estimate of drug-likeness (QED) is 0.376. The predicted molar refractivity (Wildman–Crippen MR) is 45.5 cm³/mol. The Labute approximate surface area is 77.1 Å². The Hall–Kier alpha value is -1.12. The van der Waals surface area contributed by atoms with Crippen LogP contribution in [0.3, 0.4) is 0 Å². The van der Waals surface area contributed by atoms with Crippen LogP contribution in [-0.2, 0) is 19.7 Å². The van der Waals surface area contributed by atoms with E-state index in [9.17, 15) is 0 Å². The third-order valence-electron chi connectivity index (χ3n) is 1.22. The summed E-state index contributed by atoms with van der Waals surface area (Å²) in [7, 11) is 1.92. The molecule has 0 spiro atoms. The van der Waals surface area contributed by atoms with E-state index in [4.69, 9.17) is 10.4 Å². The summed E-state index contributed by atoms with van der Waals surface area (Å²) in [6.07, 6.45) is 5.10. The molecule has 1 heterocycles. The molecule has 1 atom stereocenters. The zero-order valence-electron chi connectivity index (χ0n) is 7.01. The summed E-state index contributed by atoms with van der Waals surface area (Å²) in [4.78, 5) is 0. The molecule has 0 radical (unpaired) electrons. The molecule has 12 heavy (non-hydrogen) atoms. The molecule has 0 saturated carbocycles. The molecule has 0 fully saturated rings. The minimum Gasteiger partial charge on any atom is -0.696 e. The third-order valence-corrected chi connectivity index (χ3v) is 1.22. The molecule has 0 aromatic carbocycles. The lowest BCUT2D eigenvalue weighted by Gasteiger charge is -1.94. The van der Waals surface area contributed by atoms with Gasteiger partial charge in [-0.2, -0.15) is 0 Å². The lowest BCUT2D eigenvalue weighted by atomic mass is 10.6. The Bertz CT molecular complexity index is 264. The molecule has 0 amide bonds. The topological polar surface area (TPSA) is 52.8 Å². The smallest absolute Gasteiger partial charge is 0.245 e. The van der Waals surface area contributed by atoms with Gasteiger partial charge in [-0.05, 0) is 0 Å². The van der Waals surface area contributed by atoms with Crippen LogP contribution in [0.4, 0.5) is 0 Å². The first kappa shape index (κ1) is 10.9. The molecule has 1 unspecified atom stereocenters. The minimum atomic E-state index is -0.425. The Balaban J connectivity index is 0.000000354. The molecule has 1 N–H and O–H groups in total. The van der Waals surface area contributed by atoms with Crippen molar-refractivity contribution in [2.75, 3.05) is 0 Å². The fraction of sp³-hybridized carbons (Fsp3) is 0.429. The number of imidazole rings is 1. The molecule has 0 saturated heterocycles. The molecule has 0 aliphatic rings. The first-order valence-corrected chi connectivity index (χ1v) is 3.74. The van der Waals surface area contributed by atoms with Gasteiger partial charge in [-0.25, -0.2) is 14.4 Å². The highest BCUT2D eigenvalue weighted by molar-refractivity contribution is 7.64. The molecule has 1 rings (SSSR count). The van der Waals surface area contributed by atoms with Crippen LogP contribution in [0.15, 0.2) is 18.7 Å². The standard InChI is InChI=1S/C6H11N2O.CHNS/c1-6(9)8-4-3-7(2)5-8;2-1-3/h3-6,9H,1-2H3;3H/q+1;/p-1. The lowest BCUT2D eigenvalue weighted by Crippen LogP contribution is -2.34. The molecule has 1 aromatic rings. The Morgan fingerprint density at radius 3 is 2.42 bits per heavy atom. The molecule has 4 nitrogen and oxygen atoms in total. The summed E-state index contributed by atoms with van der Waals surface area (Å²) in [5.41, 5.74) is 0. The Morgan fingerprint density at radius 1 is 1.75 bits per heavy atom. The summed E-state index contributed by atoms with van der Waals surface area (Å²) >= 11 is 3.70. The van der Waals surface area contributed by atoms with Crippen molar-refractivity contribution in [2.45, 2.75) is 13.2 Å². The maximum absolute atomic E-state index is 8.99. The second kappa shape index (κ2) is 5.52. The maximum Gasteiger partial charge on any atom is 0.245 e. The zero-order valence-corrected chi connectivity index (χ0v) is 7.82. The van der Waals surface area contributed by atoms with Gasteiger partial charge < -0.3 is 17.7 Å². The van der Waals surface area contributed by atoms with Gasteiger partial charge in [0.1, 0.15) is 12.4 Å². The number of rotatable bonds is 1. The van der Waals surface area contributed by atoms with Crippen molar-refractivity contribution >= 4 is 12.6 Å². The molecule has 0 aliphatic heterocycles. The summed E-state index contributed by atoms with van der Waals surface area (Å²) in [5, 5.41) is 17.5. The van der Waals surface area contributed by atoms with E-state index in [0.717, 1.165) is 0 Å². The highest BCUT2D eigenvalue weighted by Gasteiger charge is 2.03. The zero-order chi connectivity index (χ0) is 9.56. The van der Waals surface area contributed by atoms with E-state index in [0.29, 0.717) is 0 Å². The highest BCUT2D eigenvalue weighted by atomic mass is 32.1. The molecular weight excluding hydrogens is 174 g/mol. The maximum atomic E-state index is 8.99. The van der Waals surface area contributed by atoms with Crippen molar-refractivity contribution in [3.63, 3.8) is 0 Å². The molecule has 1 aromatic heterocycles. The van der Waals surface area contributed by atoms with E-state index >= 15 is 0 Å². The average Bonchev–Trinajstić information content (AvgIpc) is 2.37. The van der Waals surface area contributed by atoms with Crippen LogP contribution in [0, 0.1) is 10.7 Å². The van der Waals surface area contributed by atoms with Crippen LogP contribution in [0.5, 0.6) is 0 Å². The van der Waals surface area contributed by atoms with Gasteiger partial charge in [-0.15, -0.1) is 0 Å². The van der Waals surface area contributed by atoms with Gasteiger partial charge in [0.15, 0.2) is 6.23 Å². The van der Waals surface area contributed by atoms with Gasteiger partial charge in [-0.3, -0.25) is 0 Å². The van der Waals surface area contributed by atoms with E-state index < -0.39 is 6.23 Å². The molecule has 0 aliphatic carbocycles. The van der Waals surface area contributed by atoms with E-state index in [1.807, 2.05) is 30.3 Å². The fourth-order valence-electron chi connectivity index (χ4n) is 0.690. The molecule has 0 bridgehead atoms. The normalized spacial score (nSPS) is 10.8. The van der Waals surface area contributed by atoms with Gasteiger partial charge in [0, 0.05) is 6.92 Å². The first-order chi connectivity index (χ1) is 5.61. The van der Waals surface area contributed by atoms with Crippen molar-refractivity contribution in [3.05, 3.63) is 18.7 Å². The second-order valence-corrected chi connectivity index (χ2v) is 2.43. The van der Waals surface area contributed by atoms with Gasteiger partial charge >= 0.3 is 0 Å². The van der Waals surface area contributed by atoms with Crippen molar-refractivity contribution < 1.29 is 9.67 Å². The summed E-state index contributed by atoms with van der Waals surface area (Å²) in [6.45, 7) is 1.72. The number of hydrogen-bond donors (Lipinski definition) is 1. The molecule has 66 valence electrons. The molecule has 5 heteroatoms. The highest BCUT2D eigenvalue weighted by Crippen LogP contribution is 1.85. The van der Waals surface area contributed by atoms with E-state index in [2.05, 4.69) is 12.6 Å². The fourth-order valence-corrected chi connectivity index (χ4v) is 0.690. The van der Waals surface area contributed by atoms with Gasteiger partial charge in [0.05, 0.1) is 7.05 Å². The van der Waals surface area contributed by atoms with Crippen molar-refractivity contribution in [2.24, 2.45) is 7.05 Å². The van der Waals surface area contributed by atoms with Crippen LogP contribution >= 0.6 is 0 Å². The number of thiocyanates is 1. The lowest BCUT2D eigenvalue weighted by molar-refractivity contribution is -0.755. The summed E-state index contributed by atoms with van der Waals surface area (Å²) in [5.74, 6) is 0. The van der Waals surface area contributed by atoms with Crippen molar-refractivity contribution in [1.82, 2.24) is 4.57 Å². The number of hydrogen-bond acceptors (Lipinski definition) is 3. The van der Waals surface area contributed by atoms with Gasteiger partial charge in [-0.1, -0.05) is 5.40 Å². The first-order valence-electron chi connectivity index (χ1n) is 3.33. The molecular formula is C7H11N3OS. The summed E-state index contributed by atoms with van der Waals surface area (Å²) < 4.78 is 3.60. The number of nitrogens with zero attached hydrogens (tertiary/aromatic N) is 3. The largest absolute Gasteiger partial charge is 0.696 e. The van der Waals surface area contributed by atoms with Gasteiger partial charge in [0.25, 0.3) is 0 Å². The van der Waals surface area contributed by atoms with E-state index in [1.165, 1.54) is 5.40 Å². The third kappa shape index (κ3) is 3.91. The minimum absolute atomic E-state index is 0.425. The number of aromatic nitrogens is 2. The van der Waals surface area contributed by atoms with Crippen molar-refractivity contribution in [3.8, 4) is 5.40 Å². The number of nitriles is 1. The van der Waals surface area contributed by atoms with Crippen LogP contribution in [-0.4, -0.2) is 9.67 Å². The number of aryl methyl sites for hydroxylation is 1. The van der Waals surface area contributed by atoms with E-state index in [-0.39, 0.29) is 0 Å².